The number of benzene rings is 2. The Morgan fingerprint density at radius 2 is 1.77 bits per heavy atom. The number of nitrogens with zero attached hydrogens (tertiary/aromatic N) is 1. The Hall–Kier alpha value is -3.48. The molecule has 2 atom stereocenters. The number of nitro groups is 1. The number of allylic oxidation sites excluding steroid dienone is 2. The third kappa shape index (κ3) is 4.08. The van der Waals surface area contributed by atoms with Crippen LogP contribution < -0.4 is 10.1 Å². The highest BCUT2D eigenvalue weighted by molar-refractivity contribution is 6.02. The molecular formula is C24H24N2O5. The summed E-state index contributed by atoms with van der Waals surface area (Å²) in [5.74, 6) is 0.0888. The molecule has 4 rings (SSSR count). The second-order valence-corrected chi connectivity index (χ2v) is 8.03. The molecule has 0 spiro atoms. The number of hydrogen-bond acceptors (Lipinski definition) is 5. The first kappa shape index (κ1) is 20.8. The summed E-state index contributed by atoms with van der Waals surface area (Å²) in [7, 11) is 0. The highest BCUT2D eigenvalue weighted by Crippen LogP contribution is 2.43. The van der Waals surface area contributed by atoms with Gasteiger partial charge in [-0.05, 0) is 49.4 Å². The number of carbonyl (C=O) groups is 2. The molecule has 7 heteroatoms. The number of rotatable bonds is 5. The third-order valence-corrected chi connectivity index (χ3v) is 6.03. The standard InChI is InChI=1S/C24H24N2O5/c1-3-31-18-8-6-15(7-9-18)17-10-20-24(22(27)12-17)19(13-23(28)25-20)16-5-4-14(2)21(11-16)26(29)30/h4-9,11,17,19H,3,10,12-13H2,1-2H3,(H,25,28). The van der Waals surface area contributed by atoms with E-state index in [-0.39, 0.29) is 29.7 Å². The van der Waals surface area contributed by atoms with Gasteiger partial charge in [0, 0.05) is 41.7 Å². The molecule has 0 saturated carbocycles. The van der Waals surface area contributed by atoms with Crippen molar-refractivity contribution in [2.24, 2.45) is 0 Å². The molecule has 1 aliphatic heterocycles. The number of nitro benzene ring substituents is 1. The first-order valence-electron chi connectivity index (χ1n) is 10.4. The van der Waals surface area contributed by atoms with E-state index in [1.807, 2.05) is 31.2 Å². The number of ketones is 1. The largest absolute Gasteiger partial charge is 0.494 e. The molecule has 31 heavy (non-hydrogen) atoms. The monoisotopic (exact) mass is 420 g/mol. The van der Waals surface area contributed by atoms with E-state index in [9.17, 15) is 19.7 Å². The van der Waals surface area contributed by atoms with Crippen molar-refractivity contribution in [3.8, 4) is 5.75 Å². The van der Waals surface area contributed by atoms with E-state index in [0.29, 0.717) is 41.8 Å². The summed E-state index contributed by atoms with van der Waals surface area (Å²) in [4.78, 5) is 36.6. The van der Waals surface area contributed by atoms with Gasteiger partial charge in [-0.15, -0.1) is 0 Å². The fourth-order valence-corrected chi connectivity index (χ4v) is 4.52. The van der Waals surface area contributed by atoms with E-state index in [1.165, 1.54) is 6.07 Å². The van der Waals surface area contributed by atoms with Crippen LogP contribution in [0.5, 0.6) is 5.75 Å². The van der Waals surface area contributed by atoms with Crippen molar-refractivity contribution in [2.45, 2.75) is 44.9 Å². The molecule has 1 amide bonds. The zero-order valence-electron chi connectivity index (χ0n) is 17.5. The second kappa shape index (κ2) is 8.34. The lowest BCUT2D eigenvalue weighted by molar-refractivity contribution is -0.385. The molecule has 0 fully saturated rings. The van der Waals surface area contributed by atoms with Crippen LogP contribution in [0.3, 0.4) is 0 Å². The Morgan fingerprint density at radius 3 is 2.45 bits per heavy atom. The van der Waals surface area contributed by atoms with E-state index in [2.05, 4.69) is 5.32 Å². The van der Waals surface area contributed by atoms with Crippen LogP contribution in [0.2, 0.25) is 0 Å². The summed E-state index contributed by atoms with van der Waals surface area (Å²) in [5, 5.41) is 14.3. The summed E-state index contributed by atoms with van der Waals surface area (Å²) >= 11 is 0. The van der Waals surface area contributed by atoms with E-state index in [0.717, 1.165) is 11.3 Å². The minimum atomic E-state index is -0.461. The molecule has 0 aromatic heterocycles. The summed E-state index contributed by atoms with van der Waals surface area (Å²) in [6.07, 6.45) is 0.997. The Morgan fingerprint density at radius 1 is 1.06 bits per heavy atom. The SMILES string of the molecule is CCOc1ccc(C2CC(=O)C3=C(C2)NC(=O)CC3c2ccc(C)c([N+](=O)[O-])c2)cc1. The molecule has 0 radical (unpaired) electrons. The van der Waals surface area contributed by atoms with Crippen LogP contribution in [-0.2, 0) is 9.59 Å². The minimum Gasteiger partial charge on any atom is -0.494 e. The molecule has 2 aromatic carbocycles. The molecule has 2 aromatic rings. The number of aryl methyl sites for hydroxylation is 1. The Kier molecular flexibility index (Phi) is 5.59. The van der Waals surface area contributed by atoms with Gasteiger partial charge in [0.2, 0.25) is 5.91 Å². The van der Waals surface area contributed by atoms with E-state index >= 15 is 0 Å². The van der Waals surface area contributed by atoms with Crippen LogP contribution in [0.15, 0.2) is 53.7 Å². The highest BCUT2D eigenvalue weighted by Gasteiger charge is 2.38. The Labute approximate surface area is 180 Å². The Bertz CT molecular complexity index is 1090. The first-order chi connectivity index (χ1) is 14.9. The number of carbonyl (C=O) groups excluding carboxylic acids is 2. The van der Waals surface area contributed by atoms with E-state index in [1.54, 1.807) is 19.1 Å². The summed E-state index contributed by atoms with van der Waals surface area (Å²) in [5.41, 5.74) is 3.42. The molecule has 0 saturated heterocycles. The average Bonchev–Trinajstić information content (AvgIpc) is 2.73. The zero-order valence-corrected chi connectivity index (χ0v) is 17.5. The number of amides is 1. The van der Waals surface area contributed by atoms with Gasteiger partial charge >= 0.3 is 0 Å². The number of ether oxygens (including phenoxy) is 1. The van der Waals surface area contributed by atoms with Crippen molar-refractivity contribution in [2.75, 3.05) is 6.61 Å². The van der Waals surface area contributed by atoms with E-state index < -0.39 is 10.8 Å². The maximum Gasteiger partial charge on any atom is 0.272 e. The van der Waals surface area contributed by atoms with Crippen molar-refractivity contribution in [1.82, 2.24) is 5.32 Å². The minimum absolute atomic E-state index is 0.00107. The van der Waals surface area contributed by atoms with Gasteiger partial charge < -0.3 is 10.1 Å². The highest BCUT2D eigenvalue weighted by atomic mass is 16.6. The lowest BCUT2D eigenvalue weighted by Gasteiger charge is -2.34. The molecule has 0 bridgehead atoms. The fourth-order valence-electron chi connectivity index (χ4n) is 4.52. The number of hydrogen-bond donors (Lipinski definition) is 1. The van der Waals surface area contributed by atoms with Gasteiger partial charge in [-0.2, -0.15) is 0 Å². The first-order valence-corrected chi connectivity index (χ1v) is 10.4. The molecule has 2 aliphatic rings. The summed E-state index contributed by atoms with van der Waals surface area (Å²) in [6, 6.07) is 12.6. The second-order valence-electron chi connectivity index (χ2n) is 8.03. The van der Waals surface area contributed by atoms with Gasteiger partial charge in [-0.3, -0.25) is 19.7 Å². The molecular weight excluding hydrogens is 396 g/mol. The van der Waals surface area contributed by atoms with Gasteiger partial charge in [-0.1, -0.05) is 24.3 Å². The predicted octanol–water partition coefficient (Wildman–Crippen LogP) is 4.31. The van der Waals surface area contributed by atoms with Gasteiger partial charge in [0.05, 0.1) is 11.5 Å². The zero-order chi connectivity index (χ0) is 22.1. The van der Waals surface area contributed by atoms with Crippen LogP contribution >= 0.6 is 0 Å². The lowest BCUT2D eigenvalue weighted by Crippen LogP contribution is -2.38. The normalized spacial score (nSPS) is 20.8. The van der Waals surface area contributed by atoms with Crippen molar-refractivity contribution in [3.05, 3.63) is 80.5 Å². The topological polar surface area (TPSA) is 98.5 Å². The fraction of sp³-hybridized carbons (Fsp3) is 0.333. The number of Topliss-reactive ketones (excluding diaryl/α,β-unsaturated/α-hetero) is 1. The third-order valence-electron chi connectivity index (χ3n) is 6.03. The van der Waals surface area contributed by atoms with Crippen molar-refractivity contribution < 1.29 is 19.2 Å². The maximum absolute atomic E-state index is 13.2. The van der Waals surface area contributed by atoms with Gasteiger partial charge in [-0.25, -0.2) is 0 Å². The maximum atomic E-state index is 13.2. The Balaban J connectivity index is 1.67. The van der Waals surface area contributed by atoms with Crippen LogP contribution in [0, 0.1) is 17.0 Å². The molecule has 1 heterocycles. The molecule has 1 N–H and O–H groups in total. The van der Waals surface area contributed by atoms with E-state index in [4.69, 9.17) is 4.74 Å². The quantitative estimate of drug-likeness (QED) is 0.574. The van der Waals surface area contributed by atoms with Crippen molar-refractivity contribution >= 4 is 17.4 Å². The van der Waals surface area contributed by atoms with Gasteiger partial charge in [0.1, 0.15) is 5.75 Å². The number of nitrogens with one attached hydrogen (secondary N) is 1. The molecule has 160 valence electrons. The van der Waals surface area contributed by atoms with Crippen molar-refractivity contribution in [1.29, 1.82) is 0 Å². The molecule has 7 nitrogen and oxygen atoms in total. The smallest absolute Gasteiger partial charge is 0.272 e. The van der Waals surface area contributed by atoms with Crippen LogP contribution in [-0.4, -0.2) is 23.2 Å². The summed E-state index contributed by atoms with van der Waals surface area (Å²) < 4.78 is 5.49. The predicted molar refractivity (Wildman–Crippen MR) is 115 cm³/mol. The summed E-state index contributed by atoms with van der Waals surface area (Å²) in [6.45, 7) is 4.18. The van der Waals surface area contributed by atoms with Gasteiger partial charge in [0.15, 0.2) is 5.78 Å². The molecule has 1 aliphatic carbocycles. The molecule has 2 unspecified atom stereocenters. The van der Waals surface area contributed by atoms with Gasteiger partial charge in [0.25, 0.3) is 5.69 Å². The average molecular weight is 420 g/mol. The van der Waals surface area contributed by atoms with Crippen LogP contribution in [0.4, 0.5) is 5.69 Å². The lowest BCUT2D eigenvalue weighted by atomic mass is 9.73. The van der Waals surface area contributed by atoms with Crippen molar-refractivity contribution in [3.63, 3.8) is 0 Å². The van der Waals surface area contributed by atoms with Crippen LogP contribution in [0.1, 0.15) is 54.7 Å². The van der Waals surface area contributed by atoms with Crippen LogP contribution in [0.25, 0.3) is 0 Å².